The van der Waals surface area contributed by atoms with Gasteiger partial charge in [0, 0.05) is 10.6 Å². The third-order valence-corrected chi connectivity index (χ3v) is 5.24. The lowest BCUT2D eigenvalue weighted by Crippen LogP contribution is -2.09. The zero-order valence-corrected chi connectivity index (χ0v) is 16.8. The van der Waals surface area contributed by atoms with Crippen LogP contribution < -0.4 is 0 Å². The lowest BCUT2D eigenvalue weighted by molar-refractivity contribution is 0.315. The highest BCUT2D eigenvalue weighted by Gasteiger charge is 2.16. The van der Waals surface area contributed by atoms with Gasteiger partial charge in [-0.1, -0.05) is 60.6 Å². The number of hydrogen-bond acceptors (Lipinski definition) is 4. The quantitative estimate of drug-likeness (QED) is 0.532. The van der Waals surface area contributed by atoms with Crippen molar-refractivity contribution in [3.05, 3.63) is 65.2 Å². The Morgan fingerprint density at radius 1 is 1.12 bits per heavy atom. The van der Waals surface area contributed by atoms with Gasteiger partial charge in [0.2, 0.25) is 0 Å². The van der Waals surface area contributed by atoms with E-state index in [1.54, 1.807) is 24.3 Å². The zero-order chi connectivity index (χ0) is 19.0. The molecule has 8 heteroatoms. The summed E-state index contributed by atoms with van der Waals surface area (Å²) in [7, 11) is -3.94. The molecule has 0 aliphatic rings. The third-order valence-electron chi connectivity index (χ3n) is 3.15. The van der Waals surface area contributed by atoms with Crippen molar-refractivity contribution < 1.29 is 13.2 Å². The van der Waals surface area contributed by atoms with Gasteiger partial charge in [0.25, 0.3) is 15.3 Å². The van der Waals surface area contributed by atoms with Crippen LogP contribution in [0, 0.1) is 0 Å². The van der Waals surface area contributed by atoms with Crippen molar-refractivity contribution in [3.8, 4) is 0 Å². The predicted molar refractivity (Wildman–Crippen MR) is 109 cm³/mol. The number of benzene rings is 2. The molecule has 0 N–H and O–H groups in total. The van der Waals surface area contributed by atoms with E-state index in [0.717, 1.165) is 6.42 Å². The highest BCUT2D eigenvalue weighted by molar-refractivity contribution is 8.13. The Kier molecular flexibility index (Phi) is 7.68. The van der Waals surface area contributed by atoms with E-state index >= 15 is 0 Å². The molecule has 0 amide bonds. The molecule has 2 aromatic rings. The van der Waals surface area contributed by atoms with Crippen LogP contribution in [0.25, 0.3) is 0 Å². The zero-order valence-electron chi connectivity index (χ0n) is 14.4. The lowest BCUT2D eigenvalue weighted by Gasteiger charge is -2.08. The molecule has 0 spiro atoms. The molecule has 2 rings (SSSR count). The summed E-state index contributed by atoms with van der Waals surface area (Å²) in [6, 6.07) is 14.8. The van der Waals surface area contributed by atoms with Gasteiger partial charge in [-0.15, -0.1) is 4.40 Å². The van der Waals surface area contributed by atoms with Crippen LogP contribution in [0.3, 0.4) is 0 Å². The molecule has 2 aromatic carbocycles. The Morgan fingerprint density at radius 2 is 1.77 bits per heavy atom. The number of sulfonamides is 1. The van der Waals surface area contributed by atoms with Gasteiger partial charge in [-0.05, 0) is 36.9 Å². The number of nitrogens with zero attached hydrogens (tertiary/aromatic N) is 2. The van der Waals surface area contributed by atoms with E-state index in [1.165, 1.54) is 36.0 Å². The molecule has 5 nitrogen and oxygen atoms in total. The van der Waals surface area contributed by atoms with Gasteiger partial charge in [0.15, 0.2) is 5.84 Å². The Labute approximate surface area is 163 Å². The summed E-state index contributed by atoms with van der Waals surface area (Å²) in [5.41, 5.74) is 0.580. The minimum Gasteiger partial charge on any atom is -0.473 e. The van der Waals surface area contributed by atoms with E-state index in [1.807, 2.05) is 19.2 Å². The molecule has 0 radical (unpaired) electrons. The number of rotatable bonds is 5. The molecular weight excluding hydrogens is 392 g/mol. The monoisotopic (exact) mass is 410 g/mol. The van der Waals surface area contributed by atoms with Crippen molar-refractivity contribution in [2.24, 2.45) is 9.39 Å². The lowest BCUT2D eigenvalue weighted by atomic mass is 10.2. The normalized spacial score (nSPS) is 12.9. The fourth-order valence-corrected chi connectivity index (χ4v) is 3.37. The summed E-state index contributed by atoms with van der Waals surface area (Å²) < 4.78 is 34.8. The maximum Gasteiger partial charge on any atom is 0.284 e. The van der Waals surface area contributed by atoms with Crippen LogP contribution in [-0.2, 0) is 14.8 Å². The fourth-order valence-electron chi connectivity index (χ4n) is 1.91. The number of hydrogen-bond donors (Lipinski definition) is 0. The maximum atomic E-state index is 12.7. The highest BCUT2D eigenvalue weighted by Crippen LogP contribution is 2.18. The largest absolute Gasteiger partial charge is 0.473 e. The number of halogens is 1. The molecule has 138 valence electrons. The predicted octanol–water partition coefficient (Wildman–Crippen LogP) is 4.62. The number of ether oxygens (including phenoxy) is 1. The summed E-state index contributed by atoms with van der Waals surface area (Å²) in [5, 5.41) is 0.813. The van der Waals surface area contributed by atoms with Crippen molar-refractivity contribution in [2.75, 3.05) is 12.9 Å². The minimum absolute atomic E-state index is 0.0470. The molecule has 0 aliphatic carbocycles. The summed E-state index contributed by atoms with van der Waals surface area (Å²) in [5.74, 6) is 0.0704. The second kappa shape index (κ2) is 9.75. The van der Waals surface area contributed by atoms with Gasteiger partial charge in [0.1, 0.15) is 0 Å². The van der Waals surface area contributed by atoms with Crippen molar-refractivity contribution in [2.45, 2.75) is 18.2 Å². The topological polar surface area (TPSA) is 68.1 Å². The SMILES string of the molecule is CCCOC(=N/C(=N\S(=O)(=O)c1ccc(Cl)cc1)c1ccccc1)SC. The van der Waals surface area contributed by atoms with Crippen LogP contribution in [0.15, 0.2) is 68.9 Å². The number of thioether (sulfide) groups is 1. The average Bonchev–Trinajstić information content (AvgIpc) is 2.65. The van der Waals surface area contributed by atoms with E-state index < -0.39 is 10.0 Å². The van der Waals surface area contributed by atoms with Crippen LogP contribution in [0.5, 0.6) is 0 Å². The second-order valence-corrected chi connectivity index (χ2v) is 7.94. The minimum atomic E-state index is -3.94. The third kappa shape index (κ3) is 5.86. The van der Waals surface area contributed by atoms with Crippen molar-refractivity contribution in [1.29, 1.82) is 0 Å². The van der Waals surface area contributed by atoms with E-state index in [0.29, 0.717) is 22.4 Å². The molecule has 0 fully saturated rings. The summed E-state index contributed by atoms with van der Waals surface area (Å²) >= 11 is 7.12. The summed E-state index contributed by atoms with van der Waals surface area (Å²) in [6.07, 6.45) is 2.63. The van der Waals surface area contributed by atoms with E-state index in [2.05, 4.69) is 9.39 Å². The van der Waals surface area contributed by atoms with Crippen LogP contribution in [-0.4, -0.2) is 32.3 Å². The molecule has 0 aliphatic heterocycles. The molecule has 0 heterocycles. The Morgan fingerprint density at radius 3 is 2.35 bits per heavy atom. The molecule has 0 aromatic heterocycles. The first-order valence-electron chi connectivity index (χ1n) is 7.87. The Balaban J connectivity index is 2.51. The number of amidine groups is 1. The fraction of sp³-hybridized carbons (Fsp3) is 0.222. The molecule has 0 saturated heterocycles. The Bertz CT molecular complexity index is 880. The summed E-state index contributed by atoms with van der Waals surface area (Å²) in [6.45, 7) is 2.47. The van der Waals surface area contributed by atoms with Gasteiger partial charge in [-0.25, -0.2) is 0 Å². The average molecular weight is 411 g/mol. The molecule has 0 bridgehead atoms. The standard InChI is InChI=1S/C18H19ClN2O3S2/c1-3-13-24-18(25-2)20-17(14-7-5-4-6-8-14)21-26(22,23)16-11-9-15(19)10-12-16/h4-12H,3,13H2,1-2H3/b20-18?,21-17-. The first kappa shape index (κ1) is 20.5. The molecule has 26 heavy (non-hydrogen) atoms. The molecular formula is C18H19ClN2O3S2. The molecule has 0 saturated carbocycles. The van der Waals surface area contributed by atoms with Gasteiger partial charge in [-0.3, -0.25) is 0 Å². The van der Waals surface area contributed by atoms with Crippen molar-refractivity contribution in [3.63, 3.8) is 0 Å². The number of aliphatic imine (C=N–C) groups is 1. The first-order chi connectivity index (χ1) is 12.5. The molecule has 0 unspecified atom stereocenters. The highest BCUT2D eigenvalue weighted by atomic mass is 35.5. The van der Waals surface area contributed by atoms with Gasteiger partial charge < -0.3 is 4.74 Å². The van der Waals surface area contributed by atoms with E-state index in [9.17, 15) is 8.42 Å². The van der Waals surface area contributed by atoms with Crippen LogP contribution >= 0.6 is 23.4 Å². The van der Waals surface area contributed by atoms with Crippen molar-refractivity contribution >= 4 is 44.5 Å². The van der Waals surface area contributed by atoms with Gasteiger partial charge in [-0.2, -0.15) is 13.4 Å². The van der Waals surface area contributed by atoms with Gasteiger partial charge >= 0.3 is 0 Å². The van der Waals surface area contributed by atoms with Crippen LogP contribution in [0.2, 0.25) is 5.02 Å². The maximum absolute atomic E-state index is 12.7. The summed E-state index contributed by atoms with van der Waals surface area (Å²) in [4.78, 5) is 4.38. The Hall–Kier alpha value is -1.83. The van der Waals surface area contributed by atoms with Crippen molar-refractivity contribution in [1.82, 2.24) is 0 Å². The first-order valence-corrected chi connectivity index (χ1v) is 10.9. The smallest absolute Gasteiger partial charge is 0.284 e. The van der Waals surface area contributed by atoms with E-state index in [-0.39, 0.29) is 10.7 Å². The van der Waals surface area contributed by atoms with Crippen LogP contribution in [0.4, 0.5) is 0 Å². The van der Waals surface area contributed by atoms with Crippen LogP contribution in [0.1, 0.15) is 18.9 Å². The van der Waals surface area contributed by atoms with E-state index in [4.69, 9.17) is 16.3 Å². The molecule has 0 atom stereocenters. The van der Waals surface area contributed by atoms with Gasteiger partial charge in [0.05, 0.1) is 11.5 Å². The second-order valence-electron chi connectivity index (χ2n) is 5.14.